The number of carbonyl (C=O) groups is 4. The molecule has 8 rings (SSSR count). The van der Waals surface area contributed by atoms with Gasteiger partial charge in [0, 0.05) is 88.9 Å². The summed E-state index contributed by atoms with van der Waals surface area (Å²) < 4.78 is 35.2. The average molecular weight is 1060 g/mol. The number of unbranched alkanes of at least 4 members (excludes halogenated alkanes) is 2. The third-order valence-electron chi connectivity index (χ3n) is 15.1. The number of hydrogen-bond acceptors (Lipinski definition) is 14. The Morgan fingerprint density at radius 1 is 0.803 bits per heavy atom. The van der Waals surface area contributed by atoms with Crippen LogP contribution < -0.4 is 36.4 Å². The molecule has 0 radical (unpaired) electrons. The van der Waals surface area contributed by atoms with Crippen molar-refractivity contribution >= 4 is 73.8 Å². The molecule has 4 aliphatic rings. The van der Waals surface area contributed by atoms with Gasteiger partial charge in [0.25, 0.3) is 21.9 Å². The van der Waals surface area contributed by atoms with Gasteiger partial charge in [-0.1, -0.05) is 43.4 Å². The number of pyridine rings is 1. The highest BCUT2D eigenvalue weighted by Crippen LogP contribution is 2.48. The van der Waals surface area contributed by atoms with E-state index < -0.39 is 33.3 Å². The summed E-state index contributed by atoms with van der Waals surface area (Å²) in [5, 5.41) is 20.3. The van der Waals surface area contributed by atoms with Crippen LogP contribution in [0.2, 0.25) is 0 Å². The topological polar surface area (TPSA) is 269 Å². The number of piperidine rings is 3. The van der Waals surface area contributed by atoms with E-state index in [2.05, 4.69) is 66.7 Å². The maximum Gasteiger partial charge on any atom is 0.306 e. The molecule has 0 aliphatic carbocycles. The first-order chi connectivity index (χ1) is 36.4. The van der Waals surface area contributed by atoms with E-state index in [0.717, 1.165) is 72.1 Å². The lowest BCUT2D eigenvalue weighted by molar-refractivity contribution is -0.435. The number of rotatable bonds is 21. The van der Waals surface area contributed by atoms with Crippen LogP contribution in [0.4, 0.5) is 23.5 Å². The predicted octanol–water partition coefficient (Wildman–Crippen LogP) is 5.54. The molecule has 21 heteroatoms. The number of anilines is 3. The zero-order valence-electron chi connectivity index (χ0n) is 44.0. The van der Waals surface area contributed by atoms with Crippen molar-refractivity contribution in [3.63, 3.8) is 0 Å². The van der Waals surface area contributed by atoms with Crippen LogP contribution in [-0.2, 0) is 25.1 Å². The zero-order valence-corrected chi connectivity index (χ0v) is 44.8. The minimum atomic E-state index is -4.18. The number of nitrogens with one attached hydrogen (secondary N) is 3. The fraction of sp³-hybridized carbons (Fsp3) is 0.509. The van der Waals surface area contributed by atoms with E-state index in [1.165, 1.54) is 0 Å². The number of fused-ring (bicyclic) bond motifs is 3. The molecule has 0 atom stereocenters. The van der Waals surface area contributed by atoms with Crippen LogP contribution in [0.3, 0.4) is 0 Å². The molecule has 0 saturated carbocycles. The summed E-state index contributed by atoms with van der Waals surface area (Å²) in [5.74, 6) is -0.629. The third-order valence-corrected chi connectivity index (χ3v) is 15.9. The van der Waals surface area contributed by atoms with Crippen LogP contribution in [0.25, 0.3) is 21.9 Å². The molecular formula is C55H73N12O8S+. The molecule has 406 valence electrons. The first-order valence-electron chi connectivity index (χ1n) is 26.8. The molecule has 4 aliphatic heterocycles. The number of amides is 3. The molecule has 3 amide bonds. The van der Waals surface area contributed by atoms with E-state index in [-0.39, 0.29) is 47.5 Å². The second kappa shape index (κ2) is 24.4. The van der Waals surface area contributed by atoms with Gasteiger partial charge in [0.05, 0.1) is 22.5 Å². The van der Waals surface area contributed by atoms with E-state index in [1.807, 2.05) is 43.3 Å². The molecule has 2 aromatic heterocycles. The van der Waals surface area contributed by atoms with E-state index in [4.69, 9.17) is 20.7 Å². The number of carbonyl (C=O) groups excluding carboxylic acids is 3. The first-order valence-corrected chi connectivity index (χ1v) is 28.4. The summed E-state index contributed by atoms with van der Waals surface area (Å²) in [6.07, 6.45) is 12.2. The van der Waals surface area contributed by atoms with Crippen LogP contribution >= 0.6 is 0 Å². The zero-order chi connectivity index (χ0) is 54.1. The van der Waals surface area contributed by atoms with Gasteiger partial charge in [-0.05, 0) is 113 Å². The standard InChI is InChI=1S/C55H72N12O8S/c1-5-7-16-46-55(3,4)43-35-42(40-14-10-11-15-41(40)48(43)67(46)25-13-32-76(73,74)75)37-33-44(49(69)57-6-2)60-45(34-37)50(70)58-24-12-8-9-17-47(68)59-39-22-30-66(31-23-39)54-62-52(64-26-18-36(19-27-64)51(71)72)61-53(63-54)65-28-20-38(56)21-29-65/h5,7,10-11,14-16,33-36,38-39H,1,6,8-9,12-13,17-32,56H2,2-4H3,(H4-,57,58,59,68,69,70,71,72,73,74,75)/p+1/b16-7+. The van der Waals surface area contributed by atoms with Gasteiger partial charge < -0.3 is 41.5 Å². The highest BCUT2D eigenvalue weighted by Gasteiger charge is 2.46. The highest BCUT2D eigenvalue weighted by atomic mass is 32.2. The number of carboxylic acids is 1. The molecule has 0 spiro atoms. The van der Waals surface area contributed by atoms with Crippen LogP contribution in [0.1, 0.15) is 118 Å². The van der Waals surface area contributed by atoms with Crippen LogP contribution in [0, 0.1) is 5.92 Å². The van der Waals surface area contributed by atoms with Crippen LogP contribution in [0.15, 0.2) is 67.3 Å². The van der Waals surface area contributed by atoms with E-state index in [9.17, 15) is 37.3 Å². The smallest absolute Gasteiger partial charge is 0.306 e. The molecular weight excluding hydrogens is 989 g/mol. The minimum absolute atomic E-state index is 0.00632. The van der Waals surface area contributed by atoms with Crippen molar-refractivity contribution in [3.05, 3.63) is 84.2 Å². The van der Waals surface area contributed by atoms with Gasteiger partial charge in [0.1, 0.15) is 17.9 Å². The quantitative estimate of drug-likeness (QED) is 0.0259. The minimum Gasteiger partial charge on any atom is -0.481 e. The normalized spacial score (nSPS) is 17.6. The van der Waals surface area contributed by atoms with Crippen molar-refractivity contribution in [1.82, 2.24) is 35.9 Å². The monoisotopic (exact) mass is 1060 g/mol. The van der Waals surface area contributed by atoms with Gasteiger partial charge in [-0.25, -0.2) is 4.98 Å². The number of hydrogen-bond donors (Lipinski definition) is 6. The predicted molar refractivity (Wildman–Crippen MR) is 294 cm³/mol. The van der Waals surface area contributed by atoms with Crippen molar-refractivity contribution in [1.29, 1.82) is 0 Å². The third kappa shape index (κ3) is 13.2. The lowest BCUT2D eigenvalue weighted by Gasteiger charge is -2.35. The molecule has 2 aromatic carbocycles. The fourth-order valence-corrected chi connectivity index (χ4v) is 11.3. The number of benzene rings is 2. The number of aliphatic carboxylic acids is 1. The van der Waals surface area contributed by atoms with Crippen LogP contribution in [0.5, 0.6) is 0 Å². The first kappa shape index (κ1) is 55.4. The molecule has 6 heterocycles. The highest BCUT2D eigenvalue weighted by molar-refractivity contribution is 7.85. The number of nitrogens with zero attached hydrogens (tertiary/aromatic N) is 8. The fourth-order valence-electron chi connectivity index (χ4n) is 10.8. The van der Waals surface area contributed by atoms with Crippen molar-refractivity contribution in [2.45, 2.75) is 109 Å². The second-order valence-electron chi connectivity index (χ2n) is 20.8. The molecule has 0 unspecified atom stereocenters. The Kier molecular flexibility index (Phi) is 17.8. The molecule has 76 heavy (non-hydrogen) atoms. The van der Waals surface area contributed by atoms with E-state index in [0.29, 0.717) is 108 Å². The van der Waals surface area contributed by atoms with Gasteiger partial charge in [-0.2, -0.15) is 27.9 Å². The van der Waals surface area contributed by atoms with Crippen molar-refractivity contribution in [3.8, 4) is 11.1 Å². The number of allylic oxidation sites excluding steroid dienone is 3. The summed E-state index contributed by atoms with van der Waals surface area (Å²) in [6.45, 7) is 14.8. The Morgan fingerprint density at radius 2 is 1.38 bits per heavy atom. The maximum atomic E-state index is 13.9. The van der Waals surface area contributed by atoms with Crippen LogP contribution in [-0.4, -0.2) is 149 Å². The van der Waals surface area contributed by atoms with Gasteiger partial charge in [-0.15, -0.1) is 0 Å². The largest absolute Gasteiger partial charge is 0.481 e. The molecule has 3 saturated heterocycles. The summed E-state index contributed by atoms with van der Waals surface area (Å²) in [4.78, 5) is 77.6. The van der Waals surface area contributed by atoms with Gasteiger partial charge >= 0.3 is 5.97 Å². The lowest BCUT2D eigenvalue weighted by Crippen LogP contribution is -2.46. The maximum absolute atomic E-state index is 13.9. The molecule has 7 N–H and O–H groups in total. The van der Waals surface area contributed by atoms with E-state index >= 15 is 0 Å². The Morgan fingerprint density at radius 3 is 1.96 bits per heavy atom. The van der Waals surface area contributed by atoms with Gasteiger partial charge in [0.15, 0.2) is 5.71 Å². The average Bonchev–Trinajstić information content (AvgIpc) is 3.69. The molecule has 20 nitrogen and oxygen atoms in total. The van der Waals surface area contributed by atoms with Gasteiger partial charge in [-0.3, -0.25) is 23.7 Å². The number of aromatic nitrogens is 4. The Hall–Kier alpha value is -6.84. The Labute approximate surface area is 445 Å². The Bertz CT molecular complexity index is 2990. The summed E-state index contributed by atoms with van der Waals surface area (Å²) >= 11 is 0. The lowest BCUT2D eigenvalue weighted by atomic mass is 9.79. The summed E-state index contributed by atoms with van der Waals surface area (Å²) in [6, 6.07) is 13.5. The van der Waals surface area contributed by atoms with Crippen molar-refractivity contribution in [2.75, 3.05) is 79.4 Å². The SMILES string of the molecule is C=C/C=C/C1=[N+](CCCS(=O)(=O)O)c2c(cc(-c3cc(C(=O)NCC)nc(C(=O)NCCCCCC(=O)NC4CCN(c5nc(N6CCC(N)CC6)nc(N6CCC(C(=O)O)CC6)n5)CC4)c3)c3ccccc23)C1(C)C. The van der Waals surface area contributed by atoms with E-state index in [1.54, 1.807) is 18.2 Å². The summed E-state index contributed by atoms with van der Waals surface area (Å²) in [5.41, 5.74) is 10.0. The molecule has 0 bridgehead atoms. The number of nitrogens with two attached hydrogens (primary N) is 1. The molecule has 4 aromatic rings. The second-order valence-corrected chi connectivity index (χ2v) is 22.4. The van der Waals surface area contributed by atoms with Gasteiger partial charge in [0.2, 0.25) is 29.4 Å². The Balaban J connectivity index is 0.874. The number of carboxylic acid groups (broad SMARTS) is 1. The molecule has 3 fully saturated rings. The summed E-state index contributed by atoms with van der Waals surface area (Å²) in [7, 11) is -4.18. The van der Waals surface area contributed by atoms with Crippen molar-refractivity contribution in [2.24, 2.45) is 11.7 Å². The van der Waals surface area contributed by atoms with Crippen molar-refractivity contribution < 1.29 is 41.8 Å².